The number of phenolic OH excluding ortho intramolecular Hbond substituents is 1. The van der Waals surface area contributed by atoms with Crippen LogP contribution in [0.25, 0.3) is 0 Å². The van der Waals surface area contributed by atoms with Crippen molar-refractivity contribution in [3.05, 3.63) is 65.7 Å². The zero-order chi connectivity index (χ0) is 18.4. The highest BCUT2D eigenvalue weighted by molar-refractivity contribution is 5.84. The minimum absolute atomic E-state index is 0.0541. The van der Waals surface area contributed by atoms with Gasteiger partial charge in [0, 0.05) is 31.8 Å². The second kappa shape index (κ2) is 8.65. The lowest BCUT2D eigenvalue weighted by Crippen LogP contribution is -2.42. The van der Waals surface area contributed by atoms with E-state index in [4.69, 9.17) is 0 Å². The molecule has 0 radical (unpaired) electrons. The number of piperidine rings is 1. The standard InChI is InChI=1S/C22H25NO3/c24-20-11-8-17(9-12-20)10-13-22(26)23-14-4-7-19(16-23)21(25)15-18-5-2-1-3-6-18/h1-3,5-6,8-9,11-12,19,24H,4,7,10,13-16H2/t19-/m1/s1. The first-order valence-corrected chi connectivity index (χ1v) is 9.24. The number of hydrogen-bond acceptors (Lipinski definition) is 3. The summed E-state index contributed by atoms with van der Waals surface area (Å²) in [6.45, 7) is 1.28. The van der Waals surface area contributed by atoms with Crippen LogP contribution in [0.1, 0.15) is 30.4 Å². The van der Waals surface area contributed by atoms with Gasteiger partial charge in [-0.1, -0.05) is 42.5 Å². The number of carbonyl (C=O) groups excluding carboxylic acids is 2. The van der Waals surface area contributed by atoms with Gasteiger partial charge in [-0.3, -0.25) is 9.59 Å². The Morgan fingerprint density at radius 2 is 1.73 bits per heavy atom. The van der Waals surface area contributed by atoms with Gasteiger partial charge >= 0.3 is 0 Å². The SMILES string of the molecule is O=C(Cc1ccccc1)[C@@H]1CCCN(C(=O)CCc2ccc(O)cc2)C1. The fourth-order valence-corrected chi connectivity index (χ4v) is 3.48. The lowest BCUT2D eigenvalue weighted by molar-refractivity contribution is -0.135. The van der Waals surface area contributed by atoms with Crippen molar-refractivity contribution in [1.29, 1.82) is 0 Å². The summed E-state index contributed by atoms with van der Waals surface area (Å²) in [6, 6.07) is 16.7. The molecule has 1 atom stereocenters. The van der Waals surface area contributed by atoms with Crippen LogP contribution >= 0.6 is 0 Å². The molecule has 1 saturated heterocycles. The summed E-state index contributed by atoms with van der Waals surface area (Å²) in [5.74, 6) is 0.514. The van der Waals surface area contributed by atoms with E-state index in [2.05, 4.69) is 0 Å². The number of phenols is 1. The van der Waals surface area contributed by atoms with E-state index < -0.39 is 0 Å². The van der Waals surface area contributed by atoms with E-state index in [0.717, 1.165) is 30.5 Å². The molecule has 1 heterocycles. The third-order valence-electron chi connectivity index (χ3n) is 5.01. The molecule has 1 N–H and O–H groups in total. The number of aryl methyl sites for hydroxylation is 1. The average Bonchev–Trinajstić information content (AvgIpc) is 2.68. The van der Waals surface area contributed by atoms with Gasteiger partial charge in [-0.2, -0.15) is 0 Å². The molecule has 1 aliphatic rings. The summed E-state index contributed by atoms with van der Waals surface area (Å²) < 4.78 is 0. The zero-order valence-corrected chi connectivity index (χ0v) is 14.9. The second-order valence-electron chi connectivity index (χ2n) is 6.97. The van der Waals surface area contributed by atoms with E-state index in [1.807, 2.05) is 47.4 Å². The smallest absolute Gasteiger partial charge is 0.222 e. The van der Waals surface area contributed by atoms with E-state index in [-0.39, 0.29) is 23.4 Å². The molecular weight excluding hydrogens is 326 g/mol. The number of nitrogens with zero attached hydrogens (tertiary/aromatic N) is 1. The highest BCUT2D eigenvalue weighted by Gasteiger charge is 2.27. The summed E-state index contributed by atoms with van der Waals surface area (Å²) in [7, 11) is 0. The summed E-state index contributed by atoms with van der Waals surface area (Å²) in [5, 5.41) is 9.32. The molecule has 0 spiro atoms. The molecule has 1 amide bonds. The monoisotopic (exact) mass is 351 g/mol. The van der Waals surface area contributed by atoms with Gasteiger partial charge in [0.05, 0.1) is 0 Å². The number of benzene rings is 2. The second-order valence-corrected chi connectivity index (χ2v) is 6.97. The first kappa shape index (κ1) is 18.2. The van der Waals surface area contributed by atoms with E-state index in [1.165, 1.54) is 0 Å². The first-order chi connectivity index (χ1) is 12.6. The van der Waals surface area contributed by atoms with Crippen molar-refractivity contribution in [2.45, 2.75) is 32.1 Å². The Balaban J connectivity index is 1.51. The Bertz CT molecular complexity index is 740. The van der Waals surface area contributed by atoms with Crippen LogP contribution in [0.3, 0.4) is 0 Å². The fourth-order valence-electron chi connectivity index (χ4n) is 3.48. The third-order valence-corrected chi connectivity index (χ3v) is 5.01. The van der Waals surface area contributed by atoms with E-state index in [0.29, 0.717) is 25.8 Å². The minimum atomic E-state index is -0.0541. The van der Waals surface area contributed by atoms with Crippen molar-refractivity contribution < 1.29 is 14.7 Å². The zero-order valence-electron chi connectivity index (χ0n) is 14.9. The van der Waals surface area contributed by atoms with Crippen LogP contribution in [0.15, 0.2) is 54.6 Å². The van der Waals surface area contributed by atoms with Crippen molar-refractivity contribution in [3.8, 4) is 5.75 Å². The molecular formula is C22H25NO3. The lowest BCUT2D eigenvalue weighted by atomic mass is 9.90. The van der Waals surface area contributed by atoms with Crippen molar-refractivity contribution in [2.75, 3.05) is 13.1 Å². The number of aromatic hydroxyl groups is 1. The molecule has 2 aromatic carbocycles. The Morgan fingerprint density at radius 1 is 1.00 bits per heavy atom. The summed E-state index contributed by atoms with van der Waals surface area (Å²) >= 11 is 0. The van der Waals surface area contributed by atoms with Gasteiger partial charge in [-0.05, 0) is 42.5 Å². The molecule has 1 fully saturated rings. The average molecular weight is 351 g/mol. The number of likely N-dealkylation sites (tertiary alicyclic amines) is 1. The molecule has 0 aromatic heterocycles. The molecule has 2 aromatic rings. The molecule has 1 aliphatic heterocycles. The summed E-state index contributed by atoms with van der Waals surface area (Å²) in [4.78, 5) is 27.0. The highest BCUT2D eigenvalue weighted by atomic mass is 16.3. The lowest BCUT2D eigenvalue weighted by Gasteiger charge is -2.32. The van der Waals surface area contributed by atoms with E-state index >= 15 is 0 Å². The predicted octanol–water partition coefficient (Wildman–Crippen LogP) is 3.38. The minimum Gasteiger partial charge on any atom is -0.508 e. The van der Waals surface area contributed by atoms with Gasteiger partial charge in [-0.25, -0.2) is 0 Å². The first-order valence-electron chi connectivity index (χ1n) is 9.24. The summed E-state index contributed by atoms with van der Waals surface area (Å²) in [6.07, 6.45) is 3.28. The van der Waals surface area contributed by atoms with Gasteiger partial charge in [0.2, 0.25) is 5.91 Å². The summed E-state index contributed by atoms with van der Waals surface area (Å²) in [5.41, 5.74) is 2.07. The van der Waals surface area contributed by atoms with Gasteiger partial charge in [0.1, 0.15) is 11.5 Å². The molecule has 0 saturated carbocycles. The van der Waals surface area contributed by atoms with Crippen LogP contribution in [0, 0.1) is 5.92 Å². The topological polar surface area (TPSA) is 57.6 Å². The molecule has 4 heteroatoms. The van der Waals surface area contributed by atoms with Crippen LogP contribution in [0.5, 0.6) is 5.75 Å². The largest absolute Gasteiger partial charge is 0.508 e. The van der Waals surface area contributed by atoms with Crippen molar-refractivity contribution in [3.63, 3.8) is 0 Å². The number of ketones is 1. The van der Waals surface area contributed by atoms with Crippen LogP contribution in [0.4, 0.5) is 0 Å². The van der Waals surface area contributed by atoms with Crippen LogP contribution < -0.4 is 0 Å². The van der Waals surface area contributed by atoms with E-state index in [9.17, 15) is 14.7 Å². The molecule has 4 nitrogen and oxygen atoms in total. The Kier molecular flexibility index (Phi) is 6.05. The van der Waals surface area contributed by atoms with Crippen molar-refractivity contribution >= 4 is 11.7 Å². The number of amides is 1. The molecule has 0 bridgehead atoms. The third kappa shape index (κ3) is 4.94. The van der Waals surface area contributed by atoms with Gasteiger partial charge in [0.15, 0.2) is 0 Å². The highest BCUT2D eigenvalue weighted by Crippen LogP contribution is 2.20. The number of Topliss-reactive ketones (excluding diaryl/α,β-unsaturated/α-hetero) is 1. The molecule has 0 unspecified atom stereocenters. The molecule has 0 aliphatic carbocycles. The Hall–Kier alpha value is -2.62. The predicted molar refractivity (Wildman–Crippen MR) is 101 cm³/mol. The number of carbonyl (C=O) groups is 2. The van der Waals surface area contributed by atoms with Crippen LogP contribution in [-0.2, 0) is 22.4 Å². The van der Waals surface area contributed by atoms with Gasteiger partial charge in [0.25, 0.3) is 0 Å². The number of rotatable bonds is 6. The molecule has 136 valence electrons. The van der Waals surface area contributed by atoms with E-state index in [1.54, 1.807) is 12.1 Å². The quantitative estimate of drug-likeness (QED) is 0.868. The Morgan fingerprint density at radius 3 is 2.46 bits per heavy atom. The number of hydrogen-bond donors (Lipinski definition) is 1. The Labute approximate surface area is 154 Å². The van der Waals surface area contributed by atoms with Gasteiger partial charge in [-0.15, -0.1) is 0 Å². The maximum Gasteiger partial charge on any atom is 0.222 e. The normalized spacial score (nSPS) is 17.1. The molecule has 3 rings (SSSR count). The van der Waals surface area contributed by atoms with Crippen molar-refractivity contribution in [1.82, 2.24) is 4.90 Å². The van der Waals surface area contributed by atoms with Crippen LogP contribution in [-0.4, -0.2) is 34.8 Å². The maximum atomic E-state index is 12.6. The van der Waals surface area contributed by atoms with Crippen molar-refractivity contribution in [2.24, 2.45) is 5.92 Å². The maximum absolute atomic E-state index is 12.6. The van der Waals surface area contributed by atoms with Gasteiger partial charge < -0.3 is 10.0 Å². The fraction of sp³-hybridized carbons (Fsp3) is 0.364. The molecule has 26 heavy (non-hydrogen) atoms. The van der Waals surface area contributed by atoms with Crippen LogP contribution in [0.2, 0.25) is 0 Å².